The number of rotatable bonds is 1. The zero-order chi connectivity index (χ0) is 17.6. The van der Waals surface area contributed by atoms with Crippen LogP contribution in [0.4, 0.5) is 0 Å². The van der Waals surface area contributed by atoms with Crippen LogP contribution in [0.1, 0.15) is 45.4 Å². The number of aliphatic hydroxyl groups is 1. The van der Waals surface area contributed by atoms with Gasteiger partial charge in [-0.2, -0.15) is 0 Å². The molecule has 1 spiro atoms. The molecule has 1 aliphatic heterocycles. The van der Waals surface area contributed by atoms with Crippen molar-refractivity contribution in [2.75, 3.05) is 19.8 Å². The second kappa shape index (κ2) is 4.83. The van der Waals surface area contributed by atoms with Crippen LogP contribution in [0, 0.1) is 39.9 Å². The summed E-state index contributed by atoms with van der Waals surface area (Å²) in [6.07, 6.45) is 5.66. The van der Waals surface area contributed by atoms with E-state index in [1.807, 2.05) is 0 Å². The Morgan fingerprint density at radius 3 is 2.80 bits per heavy atom. The van der Waals surface area contributed by atoms with Gasteiger partial charge in [-0.25, -0.2) is 0 Å². The average Bonchev–Trinajstić information content (AvgIpc) is 2.59. The van der Waals surface area contributed by atoms with Crippen molar-refractivity contribution in [3.63, 3.8) is 0 Å². The minimum Gasteiger partial charge on any atom is -0.396 e. The number of ketones is 2. The smallest absolute Gasteiger partial charge is 0.172 e. The van der Waals surface area contributed by atoms with E-state index in [4.69, 9.17) is 4.74 Å². The van der Waals surface area contributed by atoms with Crippen LogP contribution in [0.15, 0.2) is 12.2 Å². The Morgan fingerprint density at radius 1 is 1.24 bits per heavy atom. The van der Waals surface area contributed by atoms with Crippen molar-refractivity contribution in [3.8, 4) is 0 Å². The molecule has 0 aromatic carbocycles. The SMILES string of the molecule is C=C1C(=O)[C@]23CC[C@H]1CC2[C@@]12CCC[C@@](C)(COC1)C2C(CO)C3=O. The minimum absolute atomic E-state index is 0.00544. The summed E-state index contributed by atoms with van der Waals surface area (Å²) in [7, 11) is 0. The molecule has 0 aromatic rings. The number of carbonyl (C=O) groups is 2. The third-order valence-corrected chi connectivity index (χ3v) is 8.82. The molecule has 3 unspecified atom stereocenters. The maximum atomic E-state index is 13.7. The van der Waals surface area contributed by atoms with Crippen LogP contribution in [0.2, 0.25) is 0 Å². The van der Waals surface area contributed by atoms with Gasteiger partial charge >= 0.3 is 0 Å². The molecule has 5 aliphatic carbocycles. The molecule has 0 radical (unpaired) electrons. The monoisotopic (exact) mass is 344 g/mol. The molecule has 5 saturated carbocycles. The molecular formula is C21H28O4. The van der Waals surface area contributed by atoms with Crippen molar-refractivity contribution < 1.29 is 19.4 Å². The summed E-state index contributed by atoms with van der Waals surface area (Å²) in [4.78, 5) is 27.0. The lowest BCUT2D eigenvalue weighted by molar-refractivity contribution is -0.253. The molecule has 25 heavy (non-hydrogen) atoms. The fraction of sp³-hybridized carbons (Fsp3) is 0.810. The number of fused-ring (bicyclic) bond motifs is 2. The van der Waals surface area contributed by atoms with Crippen LogP contribution < -0.4 is 0 Å². The van der Waals surface area contributed by atoms with Gasteiger partial charge in [0.15, 0.2) is 11.6 Å². The van der Waals surface area contributed by atoms with E-state index >= 15 is 0 Å². The molecule has 1 heterocycles. The maximum Gasteiger partial charge on any atom is 0.172 e. The van der Waals surface area contributed by atoms with Gasteiger partial charge in [0.1, 0.15) is 0 Å². The van der Waals surface area contributed by atoms with Gasteiger partial charge in [-0.3, -0.25) is 9.59 Å². The summed E-state index contributed by atoms with van der Waals surface area (Å²) < 4.78 is 6.12. The molecular weight excluding hydrogens is 316 g/mol. The molecule has 0 amide bonds. The lowest BCUT2D eigenvalue weighted by atomic mass is 9.33. The zero-order valence-corrected chi connectivity index (χ0v) is 15.1. The van der Waals surface area contributed by atoms with Crippen molar-refractivity contribution in [2.24, 2.45) is 39.9 Å². The molecule has 6 aliphatic rings. The number of hydrogen-bond donors (Lipinski definition) is 1. The summed E-state index contributed by atoms with van der Waals surface area (Å²) in [5, 5.41) is 10.2. The molecule has 4 heteroatoms. The van der Waals surface area contributed by atoms with E-state index in [-0.39, 0.29) is 46.8 Å². The van der Waals surface area contributed by atoms with E-state index in [2.05, 4.69) is 13.5 Å². The maximum absolute atomic E-state index is 13.7. The van der Waals surface area contributed by atoms with Gasteiger partial charge in [0.05, 0.1) is 25.2 Å². The molecule has 7 atom stereocenters. The van der Waals surface area contributed by atoms with Gasteiger partial charge in [-0.05, 0) is 60.8 Å². The predicted octanol–water partition coefficient (Wildman–Crippen LogP) is 2.54. The van der Waals surface area contributed by atoms with E-state index in [0.29, 0.717) is 25.2 Å². The third kappa shape index (κ3) is 1.63. The molecule has 1 saturated heterocycles. The van der Waals surface area contributed by atoms with Crippen LogP contribution in [-0.2, 0) is 14.3 Å². The van der Waals surface area contributed by atoms with Crippen LogP contribution in [-0.4, -0.2) is 36.5 Å². The van der Waals surface area contributed by atoms with Crippen LogP contribution in [0.3, 0.4) is 0 Å². The summed E-state index contributed by atoms with van der Waals surface area (Å²) in [6.45, 7) is 7.47. The van der Waals surface area contributed by atoms with Crippen LogP contribution >= 0.6 is 0 Å². The van der Waals surface area contributed by atoms with Crippen LogP contribution in [0.5, 0.6) is 0 Å². The first-order valence-corrected chi connectivity index (χ1v) is 9.87. The van der Waals surface area contributed by atoms with Crippen LogP contribution in [0.25, 0.3) is 0 Å². The van der Waals surface area contributed by atoms with Gasteiger partial charge in [0, 0.05) is 11.3 Å². The lowest BCUT2D eigenvalue weighted by Crippen LogP contribution is -2.73. The summed E-state index contributed by atoms with van der Waals surface area (Å²) in [6, 6.07) is 0. The second-order valence-corrected chi connectivity index (χ2v) is 9.71. The number of ether oxygens (including phenoxy) is 1. The number of Topliss-reactive ketones (excluding diaryl/α,β-unsaturated/α-hetero) is 2. The number of carbonyl (C=O) groups excluding carboxylic acids is 2. The summed E-state index contributed by atoms with van der Waals surface area (Å²) >= 11 is 0. The molecule has 6 rings (SSSR count). The van der Waals surface area contributed by atoms with E-state index < -0.39 is 11.3 Å². The Kier molecular flexibility index (Phi) is 3.13. The molecule has 1 N–H and O–H groups in total. The highest BCUT2D eigenvalue weighted by Gasteiger charge is 2.75. The number of hydrogen-bond acceptors (Lipinski definition) is 4. The fourth-order valence-electron chi connectivity index (χ4n) is 8.05. The topological polar surface area (TPSA) is 63.6 Å². The van der Waals surface area contributed by atoms with E-state index in [9.17, 15) is 14.7 Å². The van der Waals surface area contributed by atoms with Crippen molar-refractivity contribution in [1.29, 1.82) is 0 Å². The van der Waals surface area contributed by atoms with Gasteiger partial charge in [-0.15, -0.1) is 0 Å². The largest absolute Gasteiger partial charge is 0.396 e. The van der Waals surface area contributed by atoms with Gasteiger partial charge in [0.2, 0.25) is 0 Å². The summed E-state index contributed by atoms with van der Waals surface area (Å²) in [5.41, 5.74) is -0.438. The fourth-order valence-corrected chi connectivity index (χ4v) is 8.05. The van der Waals surface area contributed by atoms with E-state index in [1.54, 1.807) is 0 Å². The number of allylic oxidation sites excluding steroid dienone is 1. The first-order chi connectivity index (χ1) is 11.9. The Morgan fingerprint density at radius 2 is 2.04 bits per heavy atom. The third-order valence-electron chi connectivity index (χ3n) is 8.82. The lowest BCUT2D eigenvalue weighted by Gasteiger charge is -2.70. The minimum atomic E-state index is -0.922. The molecule has 0 aromatic heterocycles. The molecule has 136 valence electrons. The standard InChI is InChI=1S/C21H28O4/c1-12-13-4-7-21(17(12)23)15(8-13)20-6-3-5-19(2,10-25-11-20)16(20)14(9-22)18(21)24/h13-16,22H,1,3-11H2,2H3/t13-,14?,15?,16?,19-,20+,21-/m0/s1. The van der Waals surface area contributed by atoms with Gasteiger partial charge in [0.25, 0.3) is 0 Å². The normalized spacial score (nSPS) is 54.2. The second-order valence-electron chi connectivity index (χ2n) is 9.71. The Hall–Kier alpha value is -1.00. The highest BCUT2D eigenvalue weighted by molar-refractivity contribution is 6.17. The highest BCUT2D eigenvalue weighted by atomic mass is 16.5. The van der Waals surface area contributed by atoms with Crippen molar-refractivity contribution >= 4 is 11.6 Å². The van der Waals surface area contributed by atoms with E-state index in [1.165, 1.54) is 0 Å². The Bertz CT molecular complexity index is 669. The van der Waals surface area contributed by atoms with Crippen molar-refractivity contribution in [3.05, 3.63) is 12.2 Å². The Labute approximate surface area is 149 Å². The first-order valence-electron chi connectivity index (χ1n) is 9.87. The quantitative estimate of drug-likeness (QED) is 0.586. The summed E-state index contributed by atoms with van der Waals surface area (Å²) in [5.74, 6) is 0.0712. The highest BCUT2D eigenvalue weighted by Crippen LogP contribution is 2.72. The Balaban J connectivity index is 1.74. The number of aliphatic hydroxyl groups excluding tert-OH is 1. The van der Waals surface area contributed by atoms with Crippen molar-refractivity contribution in [2.45, 2.75) is 45.4 Å². The predicted molar refractivity (Wildman–Crippen MR) is 91.7 cm³/mol. The molecule has 4 nitrogen and oxygen atoms in total. The average molecular weight is 344 g/mol. The molecule has 6 fully saturated rings. The van der Waals surface area contributed by atoms with Crippen molar-refractivity contribution in [1.82, 2.24) is 0 Å². The van der Waals surface area contributed by atoms with Gasteiger partial charge in [-0.1, -0.05) is 19.9 Å². The molecule has 4 bridgehead atoms. The first kappa shape index (κ1) is 16.2. The van der Waals surface area contributed by atoms with E-state index in [0.717, 1.165) is 32.1 Å². The zero-order valence-electron chi connectivity index (χ0n) is 15.1. The van der Waals surface area contributed by atoms with Gasteiger partial charge < -0.3 is 9.84 Å².